The maximum atomic E-state index is 3.66. The molecule has 0 spiro atoms. The Morgan fingerprint density at radius 3 is 2.53 bits per heavy atom. The summed E-state index contributed by atoms with van der Waals surface area (Å²) in [4.78, 5) is 5.20. The second-order valence-electron chi connectivity index (χ2n) is 6.84. The van der Waals surface area contributed by atoms with Crippen LogP contribution in [0.15, 0.2) is 0 Å². The fraction of sp³-hybridized carbons (Fsp3) is 1.00. The summed E-state index contributed by atoms with van der Waals surface area (Å²) in [7, 11) is 4.43. The summed E-state index contributed by atoms with van der Waals surface area (Å²) in [5, 5.41) is 3.66. The summed E-state index contributed by atoms with van der Waals surface area (Å²) in [6.45, 7) is 7.44. The molecule has 0 aromatic carbocycles. The van der Waals surface area contributed by atoms with E-state index in [1.807, 2.05) is 0 Å². The number of rotatable bonds is 4. The molecule has 3 nitrogen and oxygen atoms in total. The molecule has 1 aliphatic heterocycles. The van der Waals surface area contributed by atoms with Crippen molar-refractivity contribution in [2.45, 2.75) is 63.5 Å². The van der Waals surface area contributed by atoms with Crippen LogP contribution in [-0.4, -0.2) is 61.7 Å². The van der Waals surface area contributed by atoms with Crippen LogP contribution in [0.4, 0.5) is 0 Å². The average molecular weight is 267 g/mol. The van der Waals surface area contributed by atoms with Crippen molar-refractivity contribution in [2.75, 3.05) is 40.3 Å². The van der Waals surface area contributed by atoms with Crippen molar-refractivity contribution in [2.24, 2.45) is 0 Å². The van der Waals surface area contributed by atoms with Gasteiger partial charge >= 0.3 is 0 Å². The third kappa shape index (κ3) is 4.17. The molecule has 2 aliphatic rings. The van der Waals surface area contributed by atoms with Crippen LogP contribution < -0.4 is 5.32 Å². The molecule has 0 radical (unpaired) electrons. The van der Waals surface area contributed by atoms with Crippen molar-refractivity contribution in [3.05, 3.63) is 0 Å². The fourth-order valence-corrected chi connectivity index (χ4v) is 3.97. The Kier molecular flexibility index (Phi) is 5.67. The van der Waals surface area contributed by atoms with Gasteiger partial charge in [-0.05, 0) is 59.8 Å². The molecular formula is C16H33N3. The van der Waals surface area contributed by atoms with Crippen LogP contribution in [0, 0.1) is 0 Å². The van der Waals surface area contributed by atoms with E-state index in [1.54, 1.807) is 0 Å². The lowest BCUT2D eigenvalue weighted by atomic mass is 9.79. The molecule has 19 heavy (non-hydrogen) atoms. The molecule has 1 N–H and O–H groups in total. The lowest BCUT2D eigenvalue weighted by Crippen LogP contribution is -2.48. The van der Waals surface area contributed by atoms with Gasteiger partial charge in [-0.1, -0.05) is 19.3 Å². The quantitative estimate of drug-likeness (QED) is 0.843. The predicted molar refractivity (Wildman–Crippen MR) is 82.6 cm³/mol. The Balaban J connectivity index is 1.85. The van der Waals surface area contributed by atoms with Gasteiger partial charge in [0.2, 0.25) is 0 Å². The van der Waals surface area contributed by atoms with Crippen LogP contribution in [0.3, 0.4) is 0 Å². The Morgan fingerprint density at radius 1 is 1.11 bits per heavy atom. The van der Waals surface area contributed by atoms with Gasteiger partial charge in [-0.2, -0.15) is 0 Å². The summed E-state index contributed by atoms with van der Waals surface area (Å²) >= 11 is 0. The predicted octanol–water partition coefficient (Wildman–Crippen LogP) is 2.32. The van der Waals surface area contributed by atoms with Gasteiger partial charge < -0.3 is 10.2 Å². The van der Waals surface area contributed by atoms with Gasteiger partial charge in [0.25, 0.3) is 0 Å². The largest absolute Gasteiger partial charge is 0.314 e. The van der Waals surface area contributed by atoms with Crippen LogP contribution in [-0.2, 0) is 0 Å². The lowest BCUT2D eigenvalue weighted by molar-refractivity contribution is 0.154. The number of likely N-dealkylation sites (N-methyl/N-ethyl adjacent to an activating group) is 1. The summed E-state index contributed by atoms with van der Waals surface area (Å²) in [5.74, 6) is 0. The van der Waals surface area contributed by atoms with Gasteiger partial charge in [0.05, 0.1) is 0 Å². The van der Waals surface area contributed by atoms with E-state index in [2.05, 4.69) is 36.1 Å². The first-order valence-corrected chi connectivity index (χ1v) is 8.27. The van der Waals surface area contributed by atoms with Crippen LogP contribution >= 0.6 is 0 Å². The minimum Gasteiger partial charge on any atom is -0.314 e. The van der Waals surface area contributed by atoms with Crippen LogP contribution in [0.2, 0.25) is 0 Å². The van der Waals surface area contributed by atoms with E-state index < -0.39 is 0 Å². The van der Waals surface area contributed by atoms with Crippen molar-refractivity contribution >= 4 is 0 Å². The molecule has 1 heterocycles. The molecule has 1 saturated carbocycles. The lowest BCUT2D eigenvalue weighted by Gasteiger charge is -2.39. The number of hydrogen-bond acceptors (Lipinski definition) is 3. The third-order valence-electron chi connectivity index (χ3n) is 5.40. The molecule has 2 rings (SSSR count). The number of nitrogens with zero attached hydrogens (tertiary/aromatic N) is 2. The van der Waals surface area contributed by atoms with E-state index in [0.717, 1.165) is 0 Å². The first-order chi connectivity index (χ1) is 9.15. The zero-order valence-corrected chi connectivity index (χ0v) is 13.2. The summed E-state index contributed by atoms with van der Waals surface area (Å²) in [6, 6.07) is 0.713. The zero-order valence-electron chi connectivity index (χ0n) is 13.2. The highest BCUT2D eigenvalue weighted by atomic mass is 15.2. The van der Waals surface area contributed by atoms with E-state index in [0.29, 0.717) is 11.6 Å². The van der Waals surface area contributed by atoms with Gasteiger partial charge in [0, 0.05) is 24.7 Å². The SMILES string of the molecule is CNC1(CCN2CCCN(C)CC2C)CCCCC1. The number of nitrogens with one attached hydrogen (secondary N) is 1. The van der Waals surface area contributed by atoms with E-state index in [-0.39, 0.29) is 0 Å². The Bertz CT molecular complexity index is 261. The highest BCUT2D eigenvalue weighted by Crippen LogP contribution is 2.31. The Labute approximate surface area is 119 Å². The van der Waals surface area contributed by atoms with E-state index in [4.69, 9.17) is 0 Å². The summed E-state index contributed by atoms with van der Waals surface area (Å²) in [6.07, 6.45) is 9.69. The van der Waals surface area contributed by atoms with Crippen LogP contribution in [0.5, 0.6) is 0 Å². The molecule has 0 amide bonds. The molecule has 0 bridgehead atoms. The second-order valence-corrected chi connectivity index (χ2v) is 6.84. The standard InChI is InChI=1S/C16H33N3/c1-15-14-18(3)11-7-12-19(15)13-10-16(17-2)8-5-4-6-9-16/h15,17H,4-14H2,1-3H3. The van der Waals surface area contributed by atoms with Crippen LogP contribution in [0.1, 0.15) is 51.9 Å². The molecule has 0 aromatic heterocycles. The smallest absolute Gasteiger partial charge is 0.0194 e. The molecule has 3 heteroatoms. The average Bonchev–Trinajstić information content (AvgIpc) is 2.58. The molecule has 1 saturated heterocycles. The maximum Gasteiger partial charge on any atom is 0.0194 e. The summed E-state index contributed by atoms with van der Waals surface area (Å²) in [5.41, 5.74) is 0.441. The molecule has 1 atom stereocenters. The fourth-order valence-electron chi connectivity index (χ4n) is 3.97. The van der Waals surface area contributed by atoms with Crippen molar-refractivity contribution in [1.29, 1.82) is 0 Å². The van der Waals surface area contributed by atoms with Gasteiger partial charge in [0.1, 0.15) is 0 Å². The van der Waals surface area contributed by atoms with Crippen molar-refractivity contribution in [1.82, 2.24) is 15.1 Å². The zero-order chi connectivity index (χ0) is 13.7. The highest BCUT2D eigenvalue weighted by molar-refractivity contribution is 4.91. The van der Waals surface area contributed by atoms with Crippen molar-refractivity contribution in [3.63, 3.8) is 0 Å². The van der Waals surface area contributed by atoms with Gasteiger partial charge in [-0.15, -0.1) is 0 Å². The first-order valence-electron chi connectivity index (χ1n) is 8.27. The minimum atomic E-state index is 0.441. The van der Waals surface area contributed by atoms with Crippen LogP contribution in [0.25, 0.3) is 0 Å². The topological polar surface area (TPSA) is 18.5 Å². The Hall–Kier alpha value is -0.120. The minimum absolute atomic E-state index is 0.441. The number of hydrogen-bond donors (Lipinski definition) is 1. The molecule has 112 valence electrons. The van der Waals surface area contributed by atoms with E-state index in [9.17, 15) is 0 Å². The second kappa shape index (κ2) is 7.05. The highest BCUT2D eigenvalue weighted by Gasteiger charge is 2.31. The van der Waals surface area contributed by atoms with Gasteiger partial charge in [0.15, 0.2) is 0 Å². The van der Waals surface area contributed by atoms with E-state index in [1.165, 1.54) is 71.1 Å². The maximum absolute atomic E-state index is 3.66. The van der Waals surface area contributed by atoms with Gasteiger partial charge in [-0.25, -0.2) is 0 Å². The molecular weight excluding hydrogens is 234 g/mol. The third-order valence-corrected chi connectivity index (χ3v) is 5.40. The normalized spacial score (nSPS) is 30.2. The molecule has 1 aliphatic carbocycles. The Morgan fingerprint density at radius 2 is 1.84 bits per heavy atom. The molecule has 0 aromatic rings. The van der Waals surface area contributed by atoms with Gasteiger partial charge in [-0.3, -0.25) is 4.90 Å². The monoisotopic (exact) mass is 267 g/mol. The molecule has 1 unspecified atom stereocenters. The van der Waals surface area contributed by atoms with Crippen molar-refractivity contribution < 1.29 is 0 Å². The van der Waals surface area contributed by atoms with Crippen molar-refractivity contribution in [3.8, 4) is 0 Å². The first kappa shape index (κ1) is 15.3. The van der Waals surface area contributed by atoms with E-state index >= 15 is 0 Å². The summed E-state index contributed by atoms with van der Waals surface area (Å²) < 4.78 is 0. The molecule has 2 fully saturated rings.